The molecule has 0 aliphatic heterocycles. The molecule has 4 rings (SSSR count). The van der Waals surface area contributed by atoms with Gasteiger partial charge in [-0.25, -0.2) is 0 Å². The minimum Gasteiger partial charge on any atom is -0.350 e. The number of ether oxygens (including phenoxy) is 1. The summed E-state index contributed by atoms with van der Waals surface area (Å²) in [6.07, 6.45) is -2.17. The number of hydrogen-bond donors (Lipinski definition) is 4. The molecule has 4 aromatic carbocycles. The van der Waals surface area contributed by atoms with Crippen LogP contribution in [0, 0.1) is 21.6 Å². The summed E-state index contributed by atoms with van der Waals surface area (Å²) < 4.78 is 6.42. The molecule has 4 aromatic rings. The number of hydrogen-bond acceptors (Lipinski definition) is 5. The van der Waals surface area contributed by atoms with E-state index in [2.05, 4.69) is 0 Å². The zero-order valence-electron chi connectivity index (χ0n) is 19.1. The second-order valence-corrected chi connectivity index (χ2v) is 8.01. The maximum Gasteiger partial charge on any atom is 0.142 e. The first-order chi connectivity index (χ1) is 17.1. The average Bonchev–Trinajstić information content (AvgIpc) is 2.94. The predicted octanol–water partition coefficient (Wildman–Crippen LogP) is 6.01. The molecule has 5 nitrogen and oxygen atoms in total. The molecule has 5 heteroatoms. The molecule has 0 amide bonds. The lowest BCUT2D eigenvalue weighted by atomic mass is 9.94. The first-order valence-electron chi connectivity index (χ1n) is 11.3. The topological polar surface area (TPSA) is 105 Å². The second kappa shape index (κ2) is 11.1. The average molecular weight is 459 g/mol. The summed E-state index contributed by atoms with van der Waals surface area (Å²) in [4.78, 5) is 0. The lowest BCUT2D eigenvalue weighted by molar-refractivity contribution is 0.141. The van der Waals surface area contributed by atoms with Crippen LogP contribution in [0.5, 0.6) is 0 Å². The summed E-state index contributed by atoms with van der Waals surface area (Å²) in [7, 11) is 0. The zero-order chi connectivity index (χ0) is 24.6. The van der Waals surface area contributed by atoms with Crippen LogP contribution < -0.4 is 0 Å². The first-order valence-corrected chi connectivity index (χ1v) is 11.3. The van der Waals surface area contributed by atoms with Crippen molar-refractivity contribution in [2.45, 2.75) is 12.2 Å². The van der Waals surface area contributed by atoms with Gasteiger partial charge in [0, 0.05) is 0 Å². The van der Waals surface area contributed by atoms with Crippen molar-refractivity contribution in [2.75, 3.05) is 0 Å². The van der Waals surface area contributed by atoms with E-state index in [0.717, 1.165) is 0 Å². The Morgan fingerprint density at radius 2 is 0.571 bits per heavy atom. The quantitative estimate of drug-likeness (QED) is 0.215. The van der Waals surface area contributed by atoms with E-state index in [1.807, 2.05) is 72.8 Å². The van der Waals surface area contributed by atoms with Crippen LogP contribution in [-0.2, 0) is 4.74 Å². The zero-order valence-corrected chi connectivity index (χ0v) is 19.1. The summed E-state index contributed by atoms with van der Waals surface area (Å²) in [5, 5.41) is 35.8. The van der Waals surface area contributed by atoms with Crippen molar-refractivity contribution >= 4 is 22.8 Å². The standard InChI is InChI=1S/C30H26N4O/c31-25(21-13-5-1-6-14-21)29(26(32)22-15-7-2-8-16-22)35-30(27(33)23-17-9-3-10-18-23)28(34)24-19-11-4-12-20-24/h1-20,29-34H. The maximum absolute atomic E-state index is 8.94. The summed E-state index contributed by atoms with van der Waals surface area (Å²) in [5.41, 5.74) is 2.89. The maximum atomic E-state index is 8.94. The molecule has 0 atom stereocenters. The molecular formula is C30H26N4O. The van der Waals surface area contributed by atoms with Gasteiger partial charge in [-0.05, 0) is 22.3 Å². The SMILES string of the molecule is N=C(c1ccccc1)C(OC(C(=N)c1ccccc1)C(=N)c1ccccc1)C(=N)c1ccccc1. The molecule has 0 radical (unpaired) electrons. The molecule has 0 aliphatic rings. The van der Waals surface area contributed by atoms with Crippen LogP contribution in [0.25, 0.3) is 0 Å². The van der Waals surface area contributed by atoms with Gasteiger partial charge in [0.2, 0.25) is 0 Å². The van der Waals surface area contributed by atoms with Crippen molar-refractivity contribution in [1.29, 1.82) is 21.6 Å². The van der Waals surface area contributed by atoms with Crippen LogP contribution >= 0.6 is 0 Å². The molecule has 0 fully saturated rings. The highest BCUT2D eigenvalue weighted by Gasteiger charge is 2.32. The van der Waals surface area contributed by atoms with E-state index in [4.69, 9.17) is 26.4 Å². The fourth-order valence-electron chi connectivity index (χ4n) is 3.77. The third kappa shape index (κ3) is 5.54. The molecule has 0 aliphatic carbocycles. The Morgan fingerprint density at radius 3 is 0.771 bits per heavy atom. The van der Waals surface area contributed by atoms with Crippen molar-refractivity contribution in [3.63, 3.8) is 0 Å². The van der Waals surface area contributed by atoms with Crippen molar-refractivity contribution in [1.82, 2.24) is 0 Å². The Kier molecular flexibility index (Phi) is 7.50. The fraction of sp³-hybridized carbons (Fsp3) is 0.0667. The first kappa shape index (κ1) is 23.7. The van der Waals surface area contributed by atoms with Gasteiger partial charge in [0.1, 0.15) is 12.2 Å². The smallest absolute Gasteiger partial charge is 0.142 e. The number of rotatable bonds is 10. The lowest BCUT2D eigenvalue weighted by Crippen LogP contribution is -2.43. The molecule has 0 saturated heterocycles. The highest BCUT2D eigenvalue weighted by molar-refractivity contribution is 6.23. The van der Waals surface area contributed by atoms with Crippen molar-refractivity contribution in [2.24, 2.45) is 0 Å². The fourth-order valence-corrected chi connectivity index (χ4v) is 3.77. The predicted molar refractivity (Wildman–Crippen MR) is 142 cm³/mol. The van der Waals surface area contributed by atoms with Crippen LogP contribution in [0.15, 0.2) is 121 Å². The molecule has 172 valence electrons. The summed E-state index contributed by atoms with van der Waals surface area (Å²) in [6, 6.07) is 36.6. The Labute approximate surface area is 205 Å². The minimum absolute atomic E-state index is 0.103. The molecule has 0 spiro atoms. The van der Waals surface area contributed by atoms with Gasteiger partial charge in [-0.1, -0.05) is 121 Å². The van der Waals surface area contributed by atoms with Gasteiger partial charge < -0.3 is 26.4 Å². The minimum atomic E-state index is -1.09. The van der Waals surface area contributed by atoms with Gasteiger partial charge in [-0.15, -0.1) is 0 Å². The molecule has 35 heavy (non-hydrogen) atoms. The van der Waals surface area contributed by atoms with E-state index < -0.39 is 12.2 Å². The summed E-state index contributed by atoms with van der Waals surface area (Å²) >= 11 is 0. The van der Waals surface area contributed by atoms with E-state index >= 15 is 0 Å². The van der Waals surface area contributed by atoms with E-state index in [1.165, 1.54) is 0 Å². The van der Waals surface area contributed by atoms with Gasteiger partial charge in [-0.3, -0.25) is 0 Å². The van der Waals surface area contributed by atoms with Crippen LogP contribution in [0.2, 0.25) is 0 Å². The third-order valence-corrected chi connectivity index (χ3v) is 5.66. The molecule has 0 bridgehead atoms. The number of nitrogens with one attached hydrogen (secondary N) is 4. The van der Waals surface area contributed by atoms with Gasteiger partial charge in [0.25, 0.3) is 0 Å². The molecule has 0 saturated carbocycles. The van der Waals surface area contributed by atoms with Crippen molar-refractivity contribution in [3.05, 3.63) is 144 Å². The van der Waals surface area contributed by atoms with Crippen LogP contribution in [0.3, 0.4) is 0 Å². The van der Waals surface area contributed by atoms with Gasteiger partial charge in [0.05, 0.1) is 22.8 Å². The van der Waals surface area contributed by atoms with Gasteiger partial charge in [-0.2, -0.15) is 0 Å². The Balaban J connectivity index is 1.77. The van der Waals surface area contributed by atoms with Crippen LogP contribution in [0.4, 0.5) is 0 Å². The third-order valence-electron chi connectivity index (χ3n) is 5.66. The summed E-state index contributed by atoms with van der Waals surface area (Å²) in [6.45, 7) is 0. The van der Waals surface area contributed by atoms with Gasteiger partial charge >= 0.3 is 0 Å². The normalized spacial score (nSPS) is 12.3. The highest BCUT2D eigenvalue weighted by Crippen LogP contribution is 2.19. The Morgan fingerprint density at radius 1 is 0.371 bits per heavy atom. The molecule has 0 heterocycles. The lowest BCUT2D eigenvalue weighted by Gasteiger charge is -2.28. The Bertz CT molecular complexity index is 1110. The molecule has 0 aromatic heterocycles. The molecular weight excluding hydrogens is 432 g/mol. The largest absolute Gasteiger partial charge is 0.350 e. The van der Waals surface area contributed by atoms with Crippen molar-refractivity contribution in [3.8, 4) is 0 Å². The highest BCUT2D eigenvalue weighted by atomic mass is 16.5. The van der Waals surface area contributed by atoms with E-state index in [1.54, 1.807) is 48.5 Å². The van der Waals surface area contributed by atoms with Crippen LogP contribution in [0.1, 0.15) is 22.3 Å². The van der Waals surface area contributed by atoms with Crippen molar-refractivity contribution < 1.29 is 4.74 Å². The molecule has 0 unspecified atom stereocenters. The van der Waals surface area contributed by atoms with Crippen LogP contribution in [-0.4, -0.2) is 35.1 Å². The summed E-state index contributed by atoms with van der Waals surface area (Å²) in [5.74, 6) is 0. The monoisotopic (exact) mass is 458 g/mol. The number of benzene rings is 4. The second-order valence-electron chi connectivity index (χ2n) is 8.01. The molecule has 4 N–H and O–H groups in total. The Hall–Kier alpha value is -4.48. The van der Waals surface area contributed by atoms with E-state index in [9.17, 15) is 0 Å². The van der Waals surface area contributed by atoms with Gasteiger partial charge in [0.15, 0.2) is 0 Å². The van der Waals surface area contributed by atoms with E-state index in [0.29, 0.717) is 22.3 Å². The van der Waals surface area contributed by atoms with E-state index in [-0.39, 0.29) is 22.8 Å².